The maximum absolute atomic E-state index is 11.8. The van der Waals surface area contributed by atoms with Gasteiger partial charge in [0.1, 0.15) is 5.69 Å². The quantitative estimate of drug-likeness (QED) is 0.432. The fraction of sp³-hybridized carbons (Fsp3) is 0.222. The molecule has 0 heterocycles. The molecular weight excluding hydrogens is 352 g/mol. The van der Waals surface area contributed by atoms with Crippen LogP contribution in [0.15, 0.2) is 47.6 Å². The second-order valence-electron chi connectivity index (χ2n) is 5.63. The topological polar surface area (TPSA) is 106 Å². The summed E-state index contributed by atoms with van der Waals surface area (Å²) in [5, 5.41) is 15.0. The summed E-state index contributed by atoms with van der Waals surface area (Å²) < 4.78 is 10.5. The molecular formula is C18H20N4O5. The molecule has 0 unspecified atom stereocenters. The van der Waals surface area contributed by atoms with Crippen LogP contribution in [0.4, 0.5) is 11.4 Å². The number of hydrogen-bond donors (Lipinski definition) is 1. The predicted molar refractivity (Wildman–Crippen MR) is 102 cm³/mol. The molecule has 0 aliphatic carbocycles. The minimum absolute atomic E-state index is 0.0465. The molecule has 2 rings (SSSR count). The van der Waals surface area contributed by atoms with E-state index >= 15 is 0 Å². The number of hydrazone groups is 1. The highest BCUT2D eigenvalue weighted by molar-refractivity contribution is 5.85. The number of rotatable bonds is 8. The summed E-state index contributed by atoms with van der Waals surface area (Å²) in [6.45, 7) is -0.253. The number of carbonyl (C=O) groups is 1. The first-order valence-electron chi connectivity index (χ1n) is 7.96. The van der Waals surface area contributed by atoms with E-state index in [9.17, 15) is 14.9 Å². The van der Waals surface area contributed by atoms with Gasteiger partial charge in [-0.15, -0.1) is 0 Å². The van der Waals surface area contributed by atoms with E-state index in [1.54, 1.807) is 55.4 Å². The van der Waals surface area contributed by atoms with Gasteiger partial charge in [0.15, 0.2) is 18.1 Å². The van der Waals surface area contributed by atoms with Gasteiger partial charge in [0, 0.05) is 25.7 Å². The van der Waals surface area contributed by atoms with Gasteiger partial charge >= 0.3 is 0 Å². The van der Waals surface area contributed by atoms with Crippen molar-refractivity contribution in [2.24, 2.45) is 5.10 Å². The molecule has 0 aromatic heterocycles. The zero-order valence-electron chi connectivity index (χ0n) is 15.2. The summed E-state index contributed by atoms with van der Waals surface area (Å²) in [6, 6.07) is 11.6. The van der Waals surface area contributed by atoms with E-state index in [0.717, 1.165) is 0 Å². The Bertz CT molecular complexity index is 851. The lowest BCUT2D eigenvalue weighted by molar-refractivity contribution is -0.384. The predicted octanol–water partition coefficient (Wildman–Crippen LogP) is 2.20. The van der Waals surface area contributed by atoms with E-state index in [0.29, 0.717) is 22.7 Å². The van der Waals surface area contributed by atoms with Crippen LogP contribution in [0.2, 0.25) is 0 Å². The van der Waals surface area contributed by atoms with E-state index in [1.807, 2.05) is 0 Å². The number of benzene rings is 2. The van der Waals surface area contributed by atoms with Crippen LogP contribution in [0.25, 0.3) is 0 Å². The number of hydrogen-bond acceptors (Lipinski definition) is 7. The van der Waals surface area contributed by atoms with Crippen LogP contribution in [-0.4, -0.2) is 44.9 Å². The lowest BCUT2D eigenvalue weighted by Crippen LogP contribution is -2.24. The molecule has 142 valence electrons. The van der Waals surface area contributed by atoms with Crippen molar-refractivity contribution < 1.29 is 19.2 Å². The molecule has 0 aliphatic heterocycles. The van der Waals surface area contributed by atoms with Crippen LogP contribution in [0, 0.1) is 10.1 Å². The molecule has 0 bridgehead atoms. The molecule has 1 amide bonds. The van der Waals surface area contributed by atoms with Gasteiger partial charge in [0.25, 0.3) is 11.6 Å². The lowest BCUT2D eigenvalue weighted by Gasteiger charge is -2.12. The standard InChI is InChI=1S/C18H20N4O5/c1-21(2)14-9-8-13(10-15(14)22(24)25)11-19-20-18(23)12-27-17-7-5-4-6-16(17)26-3/h4-11H,12H2,1-3H3,(H,20,23)/b19-11-. The molecule has 0 saturated carbocycles. The van der Waals surface area contributed by atoms with E-state index < -0.39 is 10.8 Å². The number of ether oxygens (including phenoxy) is 2. The van der Waals surface area contributed by atoms with Gasteiger partial charge in [-0.05, 0) is 18.2 Å². The lowest BCUT2D eigenvalue weighted by atomic mass is 10.2. The summed E-state index contributed by atoms with van der Waals surface area (Å²) in [5.74, 6) is 0.479. The summed E-state index contributed by atoms with van der Waals surface area (Å²) in [7, 11) is 4.95. The Morgan fingerprint density at radius 2 is 1.96 bits per heavy atom. The highest BCUT2D eigenvalue weighted by Gasteiger charge is 2.15. The van der Waals surface area contributed by atoms with Gasteiger partial charge in [0.2, 0.25) is 0 Å². The van der Waals surface area contributed by atoms with Crippen LogP contribution in [0.3, 0.4) is 0 Å². The SMILES string of the molecule is COc1ccccc1OCC(=O)N/N=C\c1ccc(N(C)C)c([N+](=O)[O-])c1. The molecule has 9 heteroatoms. The van der Waals surface area contributed by atoms with Gasteiger partial charge in [-0.2, -0.15) is 5.10 Å². The van der Waals surface area contributed by atoms with E-state index in [2.05, 4.69) is 10.5 Å². The normalized spacial score (nSPS) is 10.5. The molecule has 2 aromatic carbocycles. The highest BCUT2D eigenvalue weighted by atomic mass is 16.6. The minimum atomic E-state index is -0.475. The number of para-hydroxylation sites is 2. The summed E-state index contributed by atoms with van der Waals surface area (Å²) in [6.07, 6.45) is 1.33. The van der Waals surface area contributed by atoms with E-state index in [4.69, 9.17) is 9.47 Å². The molecule has 0 saturated heterocycles. The number of nitro groups is 1. The first-order chi connectivity index (χ1) is 12.9. The van der Waals surface area contributed by atoms with Gasteiger partial charge in [-0.3, -0.25) is 14.9 Å². The number of nitro benzene ring substituents is 1. The molecule has 2 aromatic rings. The Labute approximate surface area is 156 Å². The minimum Gasteiger partial charge on any atom is -0.493 e. The maximum atomic E-state index is 11.8. The average molecular weight is 372 g/mol. The number of nitrogens with zero attached hydrogens (tertiary/aromatic N) is 3. The number of carbonyl (C=O) groups excluding carboxylic acids is 1. The van der Waals surface area contributed by atoms with Crippen molar-refractivity contribution in [2.75, 3.05) is 32.7 Å². The summed E-state index contributed by atoms with van der Waals surface area (Å²) in [4.78, 5) is 24.2. The molecule has 0 atom stereocenters. The van der Waals surface area contributed by atoms with E-state index in [-0.39, 0.29) is 12.3 Å². The Balaban J connectivity index is 1.95. The van der Waals surface area contributed by atoms with Crippen molar-refractivity contribution in [1.29, 1.82) is 0 Å². The van der Waals surface area contributed by atoms with Crippen molar-refractivity contribution in [3.05, 3.63) is 58.1 Å². The smallest absolute Gasteiger partial charge is 0.293 e. The molecule has 0 aliphatic rings. The zero-order valence-corrected chi connectivity index (χ0v) is 15.2. The largest absolute Gasteiger partial charge is 0.493 e. The molecule has 0 fully saturated rings. The molecule has 27 heavy (non-hydrogen) atoms. The van der Waals surface area contributed by atoms with Crippen molar-refractivity contribution in [1.82, 2.24) is 5.43 Å². The van der Waals surface area contributed by atoms with Crippen molar-refractivity contribution in [3.8, 4) is 11.5 Å². The van der Waals surface area contributed by atoms with Crippen LogP contribution in [0.5, 0.6) is 11.5 Å². The molecule has 0 spiro atoms. The second kappa shape index (κ2) is 9.18. The first kappa shape index (κ1) is 19.7. The van der Waals surface area contributed by atoms with Gasteiger partial charge in [-0.25, -0.2) is 5.43 Å². The third kappa shape index (κ3) is 5.43. The molecule has 0 radical (unpaired) electrons. The van der Waals surface area contributed by atoms with Gasteiger partial charge < -0.3 is 14.4 Å². The zero-order chi connectivity index (χ0) is 19.8. The monoisotopic (exact) mass is 372 g/mol. The van der Waals surface area contributed by atoms with Crippen LogP contribution in [-0.2, 0) is 4.79 Å². The third-order valence-corrected chi connectivity index (χ3v) is 3.51. The van der Waals surface area contributed by atoms with Crippen LogP contribution >= 0.6 is 0 Å². The highest BCUT2D eigenvalue weighted by Crippen LogP contribution is 2.27. The Kier molecular flexibility index (Phi) is 6.70. The van der Waals surface area contributed by atoms with Crippen LogP contribution < -0.4 is 19.8 Å². The number of methoxy groups -OCH3 is 1. The van der Waals surface area contributed by atoms with Gasteiger partial charge in [-0.1, -0.05) is 18.2 Å². The fourth-order valence-corrected chi connectivity index (χ4v) is 2.24. The van der Waals surface area contributed by atoms with Gasteiger partial charge in [0.05, 0.1) is 18.2 Å². The van der Waals surface area contributed by atoms with Crippen LogP contribution in [0.1, 0.15) is 5.56 Å². The maximum Gasteiger partial charge on any atom is 0.293 e. The number of amides is 1. The Morgan fingerprint density at radius 3 is 2.59 bits per heavy atom. The average Bonchev–Trinajstić information content (AvgIpc) is 2.66. The molecule has 9 nitrogen and oxygen atoms in total. The third-order valence-electron chi connectivity index (χ3n) is 3.51. The van der Waals surface area contributed by atoms with Crippen molar-refractivity contribution >= 4 is 23.5 Å². The molecule has 1 N–H and O–H groups in total. The Hall–Kier alpha value is -3.62. The van der Waals surface area contributed by atoms with Crippen molar-refractivity contribution in [3.63, 3.8) is 0 Å². The number of anilines is 1. The Morgan fingerprint density at radius 1 is 1.26 bits per heavy atom. The summed E-state index contributed by atoms with van der Waals surface area (Å²) >= 11 is 0. The first-order valence-corrected chi connectivity index (χ1v) is 7.96. The fourth-order valence-electron chi connectivity index (χ4n) is 2.24. The second-order valence-corrected chi connectivity index (χ2v) is 5.63. The number of nitrogens with one attached hydrogen (secondary N) is 1. The summed E-state index contributed by atoms with van der Waals surface area (Å²) in [5.41, 5.74) is 3.23. The van der Waals surface area contributed by atoms with E-state index in [1.165, 1.54) is 19.4 Å². The van der Waals surface area contributed by atoms with Crippen molar-refractivity contribution in [2.45, 2.75) is 0 Å².